The molecule has 0 spiro atoms. The van der Waals surface area contributed by atoms with E-state index in [0.717, 1.165) is 6.54 Å². The van der Waals surface area contributed by atoms with Crippen molar-refractivity contribution in [3.05, 3.63) is 53.9 Å². The first kappa shape index (κ1) is 25.7. The number of aryl methyl sites for hydroxylation is 2. The summed E-state index contributed by atoms with van der Waals surface area (Å²) in [5.41, 5.74) is 3.93. The first-order chi connectivity index (χ1) is 14.1. The molecule has 0 saturated heterocycles. The van der Waals surface area contributed by atoms with Crippen LogP contribution in [0.3, 0.4) is 0 Å². The maximum Gasteiger partial charge on any atom is 0.0492 e. The molecule has 3 rings (SSSR count). The summed E-state index contributed by atoms with van der Waals surface area (Å²) in [6, 6.07) is 6.69. The van der Waals surface area contributed by atoms with Crippen LogP contribution >= 0.6 is 0 Å². The van der Waals surface area contributed by atoms with E-state index >= 15 is 0 Å². The predicted molar refractivity (Wildman–Crippen MR) is 126 cm³/mol. The zero-order valence-electron chi connectivity index (χ0n) is 20.7. The summed E-state index contributed by atoms with van der Waals surface area (Å²) in [5, 5.41) is 12.5. The van der Waals surface area contributed by atoms with Gasteiger partial charge in [-0.1, -0.05) is 41.5 Å². The van der Waals surface area contributed by atoms with Crippen LogP contribution in [0, 0.1) is 0 Å². The minimum atomic E-state index is 0.474. The van der Waals surface area contributed by atoms with Crippen LogP contribution in [-0.4, -0.2) is 29.3 Å². The topological polar surface area (TPSA) is 53.5 Å². The second-order valence-corrected chi connectivity index (χ2v) is 8.71. The van der Waals surface area contributed by atoms with Gasteiger partial charge in [0.2, 0.25) is 0 Å². The van der Waals surface area contributed by atoms with Gasteiger partial charge in [-0.2, -0.15) is 15.3 Å². The van der Waals surface area contributed by atoms with Crippen LogP contribution in [0.2, 0.25) is 0 Å². The molecule has 3 aromatic heterocycles. The Morgan fingerprint density at radius 1 is 0.667 bits per heavy atom. The molecule has 0 aromatic carbocycles. The van der Waals surface area contributed by atoms with Gasteiger partial charge in [0.05, 0.1) is 0 Å². The van der Waals surface area contributed by atoms with Gasteiger partial charge in [0, 0.05) is 55.3 Å². The predicted octanol–water partition coefficient (Wildman–Crippen LogP) is 6.16. The highest BCUT2D eigenvalue weighted by Gasteiger charge is 2.08. The van der Waals surface area contributed by atoms with Crippen LogP contribution in [0.5, 0.6) is 0 Å². The summed E-state index contributed by atoms with van der Waals surface area (Å²) >= 11 is 0. The molecule has 0 fully saturated rings. The minimum absolute atomic E-state index is 0.474. The van der Waals surface area contributed by atoms with Gasteiger partial charge >= 0.3 is 0 Å². The average molecular weight is 415 g/mol. The third-order valence-corrected chi connectivity index (χ3v) is 4.87. The number of aromatic nitrogens is 6. The molecule has 30 heavy (non-hydrogen) atoms. The Hall–Kier alpha value is -2.37. The van der Waals surface area contributed by atoms with Gasteiger partial charge in [-0.15, -0.1) is 0 Å². The molecule has 0 N–H and O–H groups in total. The molecule has 0 radical (unpaired) electrons. The van der Waals surface area contributed by atoms with E-state index in [1.165, 1.54) is 17.1 Å². The average Bonchev–Trinajstić information content (AvgIpc) is 3.42. The molecule has 0 aliphatic carbocycles. The van der Waals surface area contributed by atoms with E-state index in [-0.39, 0.29) is 0 Å². The zero-order valence-corrected chi connectivity index (χ0v) is 20.7. The van der Waals surface area contributed by atoms with E-state index in [2.05, 4.69) is 94.4 Å². The van der Waals surface area contributed by atoms with Crippen LogP contribution in [0.15, 0.2) is 36.8 Å². The number of hydrogen-bond acceptors (Lipinski definition) is 3. The fourth-order valence-electron chi connectivity index (χ4n) is 3.26. The van der Waals surface area contributed by atoms with E-state index < -0.39 is 0 Å². The van der Waals surface area contributed by atoms with Gasteiger partial charge in [0.25, 0.3) is 0 Å². The Morgan fingerprint density at radius 2 is 1.13 bits per heavy atom. The van der Waals surface area contributed by atoms with Gasteiger partial charge < -0.3 is 0 Å². The molecule has 6 nitrogen and oxygen atoms in total. The summed E-state index contributed by atoms with van der Waals surface area (Å²) in [6.45, 7) is 20.5. The summed E-state index contributed by atoms with van der Waals surface area (Å²) < 4.78 is 6.01. The standard InChI is InChI=1S/C9H16N2.C8H14N2.C7H12N2/c1-7(2)9-5-6-10-11(9)8(3)4;1-4-10-8(7(2)3)5-6-9-10;1-6(2)7-4-5-8-9(7)3/h5-8H,1-4H3;5-7H,4H2,1-3H3;4-6H,1-3H3. The molecule has 0 aliphatic heterocycles. The van der Waals surface area contributed by atoms with Gasteiger partial charge in [-0.05, 0) is 56.7 Å². The smallest absolute Gasteiger partial charge is 0.0492 e. The van der Waals surface area contributed by atoms with Crippen molar-refractivity contribution in [1.29, 1.82) is 0 Å². The van der Waals surface area contributed by atoms with Crippen LogP contribution < -0.4 is 0 Å². The van der Waals surface area contributed by atoms with Crippen molar-refractivity contribution in [1.82, 2.24) is 29.3 Å². The molecule has 3 aromatic rings. The summed E-state index contributed by atoms with van der Waals surface area (Å²) in [4.78, 5) is 0. The lowest BCUT2D eigenvalue weighted by molar-refractivity contribution is 0.498. The van der Waals surface area contributed by atoms with Crippen LogP contribution in [0.25, 0.3) is 0 Å². The van der Waals surface area contributed by atoms with Crippen molar-refractivity contribution < 1.29 is 0 Å². The van der Waals surface area contributed by atoms with E-state index in [1.54, 1.807) is 0 Å². The molecule has 0 atom stereocenters. The third-order valence-electron chi connectivity index (χ3n) is 4.87. The second kappa shape index (κ2) is 12.4. The van der Waals surface area contributed by atoms with Crippen LogP contribution in [0.4, 0.5) is 0 Å². The van der Waals surface area contributed by atoms with Gasteiger partial charge in [-0.25, -0.2) is 0 Å². The summed E-state index contributed by atoms with van der Waals surface area (Å²) in [7, 11) is 1.97. The van der Waals surface area contributed by atoms with E-state index in [9.17, 15) is 0 Å². The Balaban J connectivity index is 0.000000226. The first-order valence-corrected chi connectivity index (χ1v) is 11.1. The van der Waals surface area contributed by atoms with Crippen molar-refractivity contribution in [2.75, 3.05) is 0 Å². The van der Waals surface area contributed by atoms with E-state index in [4.69, 9.17) is 0 Å². The fourth-order valence-corrected chi connectivity index (χ4v) is 3.26. The summed E-state index contributed by atoms with van der Waals surface area (Å²) in [6.07, 6.45) is 5.56. The quantitative estimate of drug-likeness (QED) is 0.502. The van der Waals surface area contributed by atoms with Crippen molar-refractivity contribution in [2.45, 2.75) is 92.7 Å². The maximum atomic E-state index is 4.25. The van der Waals surface area contributed by atoms with Gasteiger partial charge in [-0.3, -0.25) is 14.0 Å². The molecular formula is C24H42N6. The monoisotopic (exact) mass is 414 g/mol. The SMILES string of the molecule is CC(C)c1ccnn1C.CC(C)c1ccnn1C(C)C.CCn1nccc1C(C)C. The molecular weight excluding hydrogens is 372 g/mol. The first-order valence-electron chi connectivity index (χ1n) is 11.1. The number of nitrogens with zero attached hydrogens (tertiary/aromatic N) is 6. The van der Waals surface area contributed by atoms with Crippen LogP contribution in [0.1, 0.15) is 103 Å². The normalized spacial score (nSPS) is 11.0. The van der Waals surface area contributed by atoms with Crippen molar-refractivity contribution in [3.63, 3.8) is 0 Å². The minimum Gasteiger partial charge on any atom is -0.272 e. The number of rotatable bonds is 5. The number of hydrogen-bond donors (Lipinski definition) is 0. The van der Waals surface area contributed by atoms with Crippen molar-refractivity contribution in [3.8, 4) is 0 Å². The second-order valence-electron chi connectivity index (χ2n) is 8.71. The van der Waals surface area contributed by atoms with E-state index in [0.29, 0.717) is 23.8 Å². The van der Waals surface area contributed by atoms with Crippen molar-refractivity contribution in [2.24, 2.45) is 7.05 Å². The molecule has 168 valence electrons. The van der Waals surface area contributed by atoms with Crippen molar-refractivity contribution >= 4 is 0 Å². The maximum absolute atomic E-state index is 4.25. The Bertz CT molecular complexity index is 813. The zero-order chi connectivity index (χ0) is 22.8. The molecule has 6 heteroatoms. The molecule has 0 saturated carbocycles. The molecule has 0 bridgehead atoms. The highest BCUT2D eigenvalue weighted by Crippen LogP contribution is 2.17. The highest BCUT2D eigenvalue weighted by atomic mass is 15.3. The molecule has 3 heterocycles. The molecule has 0 aliphatic rings. The highest BCUT2D eigenvalue weighted by molar-refractivity contribution is 5.06. The van der Waals surface area contributed by atoms with Crippen LogP contribution in [-0.2, 0) is 13.6 Å². The Labute approximate surface area is 183 Å². The third kappa shape index (κ3) is 7.47. The largest absolute Gasteiger partial charge is 0.272 e. The lowest BCUT2D eigenvalue weighted by atomic mass is 10.1. The van der Waals surface area contributed by atoms with Gasteiger partial charge in [0.1, 0.15) is 0 Å². The molecule has 0 unspecified atom stereocenters. The van der Waals surface area contributed by atoms with E-state index in [1.807, 2.05) is 41.1 Å². The summed E-state index contributed by atoms with van der Waals surface area (Å²) in [5.74, 6) is 1.74. The Kier molecular flexibility index (Phi) is 10.6. The lowest BCUT2D eigenvalue weighted by Crippen LogP contribution is -2.08. The Morgan fingerprint density at radius 3 is 1.47 bits per heavy atom. The fraction of sp³-hybridized carbons (Fsp3) is 0.625. The van der Waals surface area contributed by atoms with Gasteiger partial charge in [0.15, 0.2) is 0 Å². The molecule has 0 amide bonds. The lowest BCUT2D eigenvalue weighted by Gasteiger charge is -2.12.